The lowest BCUT2D eigenvalue weighted by atomic mass is 10.1. The van der Waals surface area contributed by atoms with Crippen LogP contribution in [0.4, 0.5) is 0 Å². The van der Waals surface area contributed by atoms with Gasteiger partial charge in [0, 0.05) is 12.1 Å². The predicted molar refractivity (Wildman–Crippen MR) is 63.6 cm³/mol. The first kappa shape index (κ1) is 11.9. The monoisotopic (exact) mass is 248 g/mol. The van der Waals surface area contributed by atoms with Gasteiger partial charge in [-0.15, -0.1) is 0 Å². The summed E-state index contributed by atoms with van der Waals surface area (Å²) in [7, 11) is 0. The van der Waals surface area contributed by atoms with Gasteiger partial charge < -0.3 is 4.74 Å². The molecule has 1 fully saturated rings. The molecule has 88 valence electrons. The molecule has 17 heavy (non-hydrogen) atoms. The molecule has 0 N–H and O–H groups in total. The Labute approximate surface area is 104 Å². The third kappa shape index (κ3) is 2.42. The van der Waals surface area contributed by atoms with Crippen LogP contribution in [0.2, 0.25) is 0 Å². The summed E-state index contributed by atoms with van der Waals surface area (Å²) in [5.41, 5.74) is 2.31. The number of carbonyl (C=O) groups excluding carboxylic acids is 1. The second-order valence-electron chi connectivity index (χ2n) is 3.94. The molecule has 0 bridgehead atoms. The fourth-order valence-electron chi connectivity index (χ4n) is 1.74. The Morgan fingerprint density at radius 2 is 2.35 bits per heavy atom. The van der Waals surface area contributed by atoms with E-state index in [0.29, 0.717) is 23.6 Å². The van der Waals surface area contributed by atoms with Gasteiger partial charge in [-0.3, -0.25) is 4.79 Å². The molecule has 0 aromatic carbocycles. The molecule has 0 spiro atoms. The molecule has 1 atom stereocenters. The van der Waals surface area contributed by atoms with Crippen molar-refractivity contribution >= 4 is 17.7 Å². The summed E-state index contributed by atoms with van der Waals surface area (Å²) in [6.07, 6.45) is 0.684. The molecule has 1 unspecified atom stereocenters. The van der Waals surface area contributed by atoms with Gasteiger partial charge in [-0.2, -0.15) is 5.26 Å². The lowest BCUT2D eigenvalue weighted by Gasteiger charge is -2.09. The molecule has 0 radical (unpaired) electrons. The van der Waals surface area contributed by atoms with Crippen molar-refractivity contribution in [2.45, 2.75) is 30.5 Å². The Morgan fingerprint density at radius 3 is 2.94 bits per heavy atom. The highest BCUT2D eigenvalue weighted by Crippen LogP contribution is 2.31. The average molecular weight is 248 g/mol. The van der Waals surface area contributed by atoms with E-state index >= 15 is 0 Å². The number of nitrogens with zero attached hydrogens (tertiary/aromatic N) is 2. The van der Waals surface area contributed by atoms with Crippen LogP contribution >= 0.6 is 11.8 Å². The first-order valence-corrected chi connectivity index (χ1v) is 6.21. The summed E-state index contributed by atoms with van der Waals surface area (Å²) in [6.45, 7) is 4.22. The topological polar surface area (TPSA) is 63.0 Å². The number of aryl methyl sites for hydroxylation is 2. The number of hydrogen-bond acceptors (Lipinski definition) is 5. The van der Waals surface area contributed by atoms with E-state index in [-0.39, 0.29) is 11.2 Å². The third-order valence-electron chi connectivity index (χ3n) is 2.56. The van der Waals surface area contributed by atoms with Crippen LogP contribution in [0.1, 0.15) is 23.2 Å². The van der Waals surface area contributed by atoms with Gasteiger partial charge >= 0.3 is 5.97 Å². The largest absolute Gasteiger partial charge is 0.465 e. The fraction of sp³-hybridized carbons (Fsp3) is 0.417. The number of ether oxygens (including phenoxy) is 1. The van der Waals surface area contributed by atoms with E-state index in [2.05, 4.69) is 11.1 Å². The van der Waals surface area contributed by atoms with Gasteiger partial charge in [0.2, 0.25) is 0 Å². The molecule has 1 aliphatic rings. The van der Waals surface area contributed by atoms with Crippen molar-refractivity contribution < 1.29 is 9.53 Å². The van der Waals surface area contributed by atoms with Gasteiger partial charge in [-0.1, -0.05) is 11.8 Å². The minimum absolute atomic E-state index is 0.208. The standard InChI is InChI=1S/C12H12N2O2S/c1-7-5-8(2)14-11(9(7)6-13)17-10-3-4-16-12(10)15/h5,10H,3-4H2,1-2H3. The van der Waals surface area contributed by atoms with Crippen molar-refractivity contribution in [1.82, 2.24) is 4.98 Å². The summed E-state index contributed by atoms with van der Waals surface area (Å²) in [4.78, 5) is 15.7. The molecule has 0 saturated carbocycles. The zero-order valence-electron chi connectivity index (χ0n) is 9.69. The molecular weight excluding hydrogens is 236 g/mol. The second-order valence-corrected chi connectivity index (χ2v) is 5.13. The van der Waals surface area contributed by atoms with E-state index in [1.165, 1.54) is 11.8 Å². The van der Waals surface area contributed by atoms with Crippen LogP contribution in [0.3, 0.4) is 0 Å². The van der Waals surface area contributed by atoms with Crippen molar-refractivity contribution in [3.8, 4) is 6.07 Å². The summed E-state index contributed by atoms with van der Waals surface area (Å²) in [6, 6.07) is 4.02. The van der Waals surface area contributed by atoms with E-state index in [9.17, 15) is 4.79 Å². The highest BCUT2D eigenvalue weighted by Gasteiger charge is 2.29. The van der Waals surface area contributed by atoms with Gasteiger partial charge in [0.1, 0.15) is 16.3 Å². The molecule has 1 aliphatic heterocycles. The molecule has 5 heteroatoms. The first-order valence-electron chi connectivity index (χ1n) is 5.33. The van der Waals surface area contributed by atoms with Crippen LogP contribution in [-0.2, 0) is 9.53 Å². The van der Waals surface area contributed by atoms with Crippen LogP contribution in [0.25, 0.3) is 0 Å². The number of cyclic esters (lactones) is 1. The summed E-state index contributed by atoms with van der Waals surface area (Å²) in [5.74, 6) is -0.208. The zero-order valence-corrected chi connectivity index (χ0v) is 10.5. The maximum atomic E-state index is 11.4. The minimum atomic E-state index is -0.226. The molecule has 0 amide bonds. The molecule has 2 heterocycles. The summed E-state index contributed by atoms with van der Waals surface area (Å²) >= 11 is 1.33. The number of pyridine rings is 1. The maximum Gasteiger partial charge on any atom is 0.319 e. The van der Waals surface area contributed by atoms with E-state index in [1.54, 1.807) is 0 Å². The summed E-state index contributed by atoms with van der Waals surface area (Å²) < 4.78 is 4.90. The van der Waals surface area contributed by atoms with Crippen LogP contribution in [-0.4, -0.2) is 22.8 Å². The van der Waals surface area contributed by atoms with Gasteiger partial charge in [-0.05, 0) is 25.5 Å². The number of nitriles is 1. The van der Waals surface area contributed by atoms with E-state index in [0.717, 1.165) is 11.3 Å². The van der Waals surface area contributed by atoms with Crippen LogP contribution in [0, 0.1) is 25.2 Å². The number of thioether (sulfide) groups is 1. The number of esters is 1. The second kappa shape index (κ2) is 4.76. The van der Waals surface area contributed by atoms with Crippen LogP contribution in [0.15, 0.2) is 11.1 Å². The molecule has 1 aromatic heterocycles. The Bertz CT molecular complexity index is 508. The molecule has 1 saturated heterocycles. The highest BCUT2D eigenvalue weighted by molar-refractivity contribution is 8.00. The third-order valence-corrected chi connectivity index (χ3v) is 3.80. The molecule has 0 aliphatic carbocycles. The van der Waals surface area contributed by atoms with Crippen molar-refractivity contribution in [2.75, 3.05) is 6.61 Å². The van der Waals surface area contributed by atoms with Gasteiger partial charge in [0.05, 0.1) is 12.2 Å². The first-order chi connectivity index (χ1) is 8.11. The molecule has 1 aromatic rings. The lowest BCUT2D eigenvalue weighted by Crippen LogP contribution is -2.10. The van der Waals surface area contributed by atoms with Crippen LogP contribution in [0.5, 0.6) is 0 Å². The SMILES string of the molecule is Cc1cc(C)c(C#N)c(SC2CCOC2=O)n1. The summed E-state index contributed by atoms with van der Waals surface area (Å²) in [5, 5.41) is 9.52. The smallest absolute Gasteiger partial charge is 0.319 e. The molecule has 4 nitrogen and oxygen atoms in total. The van der Waals surface area contributed by atoms with Crippen molar-refractivity contribution in [3.63, 3.8) is 0 Å². The number of aromatic nitrogens is 1. The minimum Gasteiger partial charge on any atom is -0.465 e. The average Bonchev–Trinajstić information content (AvgIpc) is 2.64. The van der Waals surface area contributed by atoms with Crippen molar-refractivity contribution in [1.29, 1.82) is 5.26 Å². The van der Waals surface area contributed by atoms with Gasteiger partial charge in [0.15, 0.2) is 0 Å². The Balaban J connectivity index is 2.32. The van der Waals surface area contributed by atoms with Crippen LogP contribution < -0.4 is 0 Å². The highest BCUT2D eigenvalue weighted by atomic mass is 32.2. The van der Waals surface area contributed by atoms with Crippen molar-refractivity contribution in [2.24, 2.45) is 0 Å². The maximum absolute atomic E-state index is 11.4. The quantitative estimate of drug-likeness (QED) is 0.749. The Morgan fingerprint density at radius 1 is 1.59 bits per heavy atom. The number of carbonyl (C=O) groups is 1. The van der Waals surface area contributed by atoms with Gasteiger partial charge in [0.25, 0.3) is 0 Å². The zero-order chi connectivity index (χ0) is 12.4. The number of rotatable bonds is 2. The van der Waals surface area contributed by atoms with E-state index in [4.69, 9.17) is 10.00 Å². The van der Waals surface area contributed by atoms with Gasteiger partial charge in [-0.25, -0.2) is 4.98 Å². The van der Waals surface area contributed by atoms with E-state index in [1.807, 2.05) is 19.9 Å². The normalized spacial score (nSPS) is 18.9. The molecular formula is C12H12N2O2S. The number of hydrogen-bond donors (Lipinski definition) is 0. The molecule has 2 rings (SSSR count). The van der Waals surface area contributed by atoms with E-state index < -0.39 is 0 Å². The fourth-order valence-corrected chi connectivity index (χ4v) is 2.91. The lowest BCUT2D eigenvalue weighted by molar-refractivity contribution is -0.137. The Kier molecular flexibility index (Phi) is 3.34. The Hall–Kier alpha value is -1.54. The predicted octanol–water partition coefficient (Wildman–Crippen LogP) is 1.98. The van der Waals surface area contributed by atoms with Crippen molar-refractivity contribution in [3.05, 3.63) is 22.9 Å².